The predicted octanol–water partition coefficient (Wildman–Crippen LogP) is 13.0. The monoisotopic (exact) mass is 736 g/mol. The normalized spacial score (nSPS) is 11.6. The molecule has 0 saturated carbocycles. The fraction of sp³-hybridized carbons (Fsp3) is 0.0833. The Morgan fingerprint density at radius 1 is 0.321 bits per heavy atom. The van der Waals surface area contributed by atoms with Crippen molar-refractivity contribution in [3.63, 3.8) is 0 Å². The number of anilines is 6. The van der Waals surface area contributed by atoms with Gasteiger partial charge in [-0.2, -0.15) is 0 Å². The van der Waals surface area contributed by atoms with E-state index in [-0.39, 0.29) is 0 Å². The quantitative estimate of drug-likeness (QED) is 0.102. The first-order valence-corrected chi connectivity index (χ1v) is 18.3. The highest BCUT2D eigenvalue weighted by molar-refractivity contribution is 6.26. The van der Waals surface area contributed by atoms with Crippen molar-refractivity contribution in [3.05, 3.63) is 146 Å². The molecule has 56 heavy (non-hydrogen) atoms. The molecule has 0 N–H and O–H groups in total. The van der Waals surface area contributed by atoms with Gasteiger partial charge in [0.05, 0.1) is 39.8 Å². The average Bonchev–Trinajstić information content (AvgIpc) is 3.26. The van der Waals surface area contributed by atoms with Crippen LogP contribution in [0.3, 0.4) is 0 Å². The number of nitrogens with zero attached hydrogens (tertiary/aromatic N) is 2. The summed E-state index contributed by atoms with van der Waals surface area (Å²) >= 11 is 0. The van der Waals surface area contributed by atoms with Crippen LogP contribution >= 0.6 is 0 Å². The van der Waals surface area contributed by atoms with E-state index >= 15 is 0 Å². The molecule has 0 fully saturated rings. The van der Waals surface area contributed by atoms with Crippen molar-refractivity contribution in [1.82, 2.24) is 0 Å². The second-order valence-electron chi connectivity index (χ2n) is 13.6. The predicted molar refractivity (Wildman–Crippen MR) is 224 cm³/mol. The van der Waals surface area contributed by atoms with E-state index < -0.39 is 0 Å². The first kappa shape index (κ1) is 33.3. The zero-order chi connectivity index (χ0) is 37.9. The summed E-state index contributed by atoms with van der Waals surface area (Å²) in [4.78, 5) is 4.50. The van der Waals surface area contributed by atoms with Crippen LogP contribution in [0.4, 0.5) is 34.1 Å². The van der Waals surface area contributed by atoms with Gasteiger partial charge in [0.1, 0.15) is 45.3 Å². The van der Waals surface area contributed by atoms with Crippen molar-refractivity contribution in [3.8, 4) is 34.1 Å². The van der Waals surface area contributed by atoms with Gasteiger partial charge >= 0.3 is 0 Å². The van der Waals surface area contributed by atoms with Crippen molar-refractivity contribution in [2.75, 3.05) is 38.2 Å². The molecule has 2 aliphatic rings. The third-order valence-corrected chi connectivity index (χ3v) is 10.7. The number of hydrogen-bond donors (Lipinski definition) is 0. The molecule has 0 radical (unpaired) electrons. The number of benzene rings is 8. The van der Waals surface area contributed by atoms with E-state index in [2.05, 4.69) is 107 Å². The van der Waals surface area contributed by atoms with E-state index in [0.29, 0.717) is 0 Å². The summed E-state index contributed by atoms with van der Waals surface area (Å²) in [5.74, 6) is 3.14. The average molecular weight is 737 g/mol. The largest absolute Gasteiger partial charge is 0.497 e. The molecule has 0 atom stereocenters. The second kappa shape index (κ2) is 13.2. The lowest BCUT2D eigenvalue weighted by Gasteiger charge is -2.29. The van der Waals surface area contributed by atoms with Crippen molar-refractivity contribution in [2.24, 2.45) is 0 Å². The topological polar surface area (TPSA) is 69.7 Å². The van der Waals surface area contributed by atoms with Crippen LogP contribution in [0.15, 0.2) is 154 Å². The molecule has 0 saturated heterocycles. The molecule has 0 aromatic heterocycles. The van der Waals surface area contributed by atoms with Gasteiger partial charge in [0.15, 0.2) is 0 Å². The molecule has 8 aromatic carbocycles. The van der Waals surface area contributed by atoms with Gasteiger partial charge < -0.3 is 37.6 Å². The Balaban J connectivity index is 1.21. The molecule has 8 aromatic rings. The lowest BCUT2D eigenvalue weighted by molar-refractivity contribution is 0.414. The van der Waals surface area contributed by atoms with E-state index in [1.807, 2.05) is 48.5 Å². The third kappa shape index (κ3) is 5.21. The zero-order valence-electron chi connectivity index (χ0n) is 31.2. The van der Waals surface area contributed by atoms with E-state index in [0.717, 1.165) is 112 Å². The SMILES string of the molecule is COc1ccc(N(c2ccc(OC)cc2)c2ccc3oc4ccc5c(N(c6ccc(OC)cc6)c6ccc(OC)cc6)ccc6oc7ccc2c3c7-c4c65)cc1. The highest BCUT2D eigenvalue weighted by Crippen LogP contribution is 2.53. The Labute approximate surface area is 322 Å². The van der Waals surface area contributed by atoms with Crippen molar-refractivity contribution < 1.29 is 27.8 Å². The second-order valence-corrected chi connectivity index (χ2v) is 13.6. The van der Waals surface area contributed by atoms with E-state index in [1.54, 1.807) is 28.4 Å². The maximum Gasteiger partial charge on any atom is 0.136 e. The third-order valence-electron chi connectivity index (χ3n) is 10.7. The van der Waals surface area contributed by atoms with Crippen LogP contribution in [0.2, 0.25) is 0 Å². The minimum absolute atomic E-state index is 0.776. The lowest BCUT2D eigenvalue weighted by atomic mass is 9.89. The minimum atomic E-state index is 0.776. The van der Waals surface area contributed by atoms with Gasteiger partial charge in [-0.15, -0.1) is 0 Å². The Kier molecular flexibility index (Phi) is 7.85. The smallest absolute Gasteiger partial charge is 0.136 e. The van der Waals surface area contributed by atoms with Gasteiger partial charge in [-0.25, -0.2) is 0 Å². The Bertz CT molecular complexity index is 2650. The molecule has 2 aliphatic heterocycles. The van der Waals surface area contributed by atoms with Crippen LogP contribution in [0.1, 0.15) is 0 Å². The van der Waals surface area contributed by atoms with Gasteiger partial charge in [0.25, 0.3) is 0 Å². The molecule has 8 heteroatoms. The van der Waals surface area contributed by atoms with Crippen LogP contribution in [0, 0.1) is 0 Å². The molecule has 0 spiro atoms. The van der Waals surface area contributed by atoms with Crippen molar-refractivity contribution >= 4 is 78.0 Å². The van der Waals surface area contributed by atoms with Gasteiger partial charge in [-0.05, 0) is 146 Å². The lowest BCUT2D eigenvalue weighted by Crippen LogP contribution is -2.11. The highest BCUT2D eigenvalue weighted by Gasteiger charge is 2.28. The molecule has 0 amide bonds. The molecule has 0 aliphatic carbocycles. The highest BCUT2D eigenvalue weighted by atomic mass is 16.5. The summed E-state index contributed by atoms with van der Waals surface area (Å²) in [7, 11) is 6.71. The first-order chi connectivity index (χ1) is 27.6. The Morgan fingerprint density at radius 3 is 0.893 bits per heavy atom. The van der Waals surface area contributed by atoms with E-state index in [9.17, 15) is 0 Å². The van der Waals surface area contributed by atoms with Gasteiger partial charge in [-0.1, -0.05) is 0 Å². The molecule has 0 unspecified atom stereocenters. The summed E-state index contributed by atoms with van der Waals surface area (Å²) in [5, 5.41) is 4.03. The summed E-state index contributed by atoms with van der Waals surface area (Å²) in [5.41, 5.74) is 11.1. The molecule has 2 heterocycles. The minimum Gasteiger partial charge on any atom is -0.497 e. The maximum absolute atomic E-state index is 6.82. The summed E-state index contributed by atoms with van der Waals surface area (Å²) in [6, 6.07) is 49.2. The van der Waals surface area contributed by atoms with Crippen molar-refractivity contribution in [2.45, 2.75) is 0 Å². The maximum atomic E-state index is 6.82. The van der Waals surface area contributed by atoms with Crippen LogP contribution in [-0.4, -0.2) is 28.4 Å². The zero-order valence-corrected chi connectivity index (χ0v) is 31.2. The number of methoxy groups -OCH3 is 4. The number of hydrogen-bond acceptors (Lipinski definition) is 8. The first-order valence-electron chi connectivity index (χ1n) is 18.3. The van der Waals surface area contributed by atoms with Gasteiger partial charge in [-0.3, -0.25) is 0 Å². The van der Waals surface area contributed by atoms with Crippen molar-refractivity contribution in [1.29, 1.82) is 0 Å². The van der Waals surface area contributed by atoms with Crippen LogP contribution in [-0.2, 0) is 0 Å². The van der Waals surface area contributed by atoms with Gasteiger partial charge in [0, 0.05) is 55.4 Å². The summed E-state index contributed by atoms with van der Waals surface area (Å²) in [6.45, 7) is 0. The molecule has 274 valence electrons. The molecular formula is C48H36N2O6. The van der Waals surface area contributed by atoms with E-state index in [4.69, 9.17) is 27.8 Å². The molecule has 8 nitrogen and oxygen atoms in total. The molecule has 10 rings (SSSR count). The Morgan fingerprint density at radius 2 is 0.607 bits per heavy atom. The number of ether oxygens (including phenoxy) is 4. The van der Waals surface area contributed by atoms with Crippen LogP contribution in [0.25, 0.3) is 55.0 Å². The Hall–Kier alpha value is -7.32. The summed E-state index contributed by atoms with van der Waals surface area (Å²) in [6.07, 6.45) is 0. The van der Waals surface area contributed by atoms with Crippen LogP contribution < -0.4 is 28.7 Å². The van der Waals surface area contributed by atoms with E-state index in [1.165, 1.54) is 0 Å². The molecular weight excluding hydrogens is 701 g/mol. The summed E-state index contributed by atoms with van der Waals surface area (Å²) < 4.78 is 35.7. The fourth-order valence-electron chi connectivity index (χ4n) is 8.00. The fourth-order valence-corrected chi connectivity index (χ4v) is 8.00. The molecule has 0 bridgehead atoms. The van der Waals surface area contributed by atoms with Gasteiger partial charge in [0.2, 0.25) is 0 Å². The standard InChI is InChI=1S/C48H36N2O6/c1-51-33-13-5-29(6-14-33)49(30-7-15-34(52-2)16-8-30)39-23-27-41-45-37(39)21-25-43-47(45)48-44(55-41)26-22-38-40(24-28-42(56-43)46(38)48)50(31-9-17-35(53-3)18-10-31)32-11-19-36(54-4)20-12-32/h5-28H,1-4H3. The van der Waals surface area contributed by atoms with Crippen LogP contribution in [0.5, 0.6) is 23.0 Å². The number of rotatable bonds is 10.